The molecule has 0 spiro atoms. The smallest absolute Gasteiger partial charge is 0.126 e. The molecule has 0 radical (unpaired) electrons. The maximum absolute atomic E-state index is 13.2. The van der Waals surface area contributed by atoms with E-state index in [1.54, 1.807) is 12.3 Å². The highest BCUT2D eigenvalue weighted by Gasteiger charge is 2.07. The van der Waals surface area contributed by atoms with Gasteiger partial charge in [0.25, 0.3) is 0 Å². The number of benzene rings is 1. The second kappa shape index (κ2) is 7.04. The van der Waals surface area contributed by atoms with E-state index in [1.807, 2.05) is 37.1 Å². The number of aliphatic hydroxyl groups is 1. The van der Waals surface area contributed by atoms with Crippen LogP contribution in [-0.4, -0.2) is 30.3 Å². The number of aromatic nitrogens is 1. The van der Waals surface area contributed by atoms with Gasteiger partial charge in [0.1, 0.15) is 11.6 Å². The van der Waals surface area contributed by atoms with Crippen LogP contribution in [0, 0.1) is 5.82 Å². The third-order valence-electron chi connectivity index (χ3n) is 3.34. The molecule has 0 bridgehead atoms. The van der Waals surface area contributed by atoms with Crippen LogP contribution in [0.25, 0.3) is 0 Å². The van der Waals surface area contributed by atoms with Crippen molar-refractivity contribution in [1.29, 1.82) is 0 Å². The number of anilines is 2. The number of pyridine rings is 1. The highest BCUT2D eigenvalue weighted by Crippen LogP contribution is 2.20. The van der Waals surface area contributed by atoms with Gasteiger partial charge in [-0.3, -0.25) is 0 Å². The number of nitrogens with zero attached hydrogens (tertiary/aromatic N) is 2. The number of hydrogen-bond acceptors (Lipinski definition) is 4. The van der Waals surface area contributed by atoms with Gasteiger partial charge in [-0.2, -0.15) is 0 Å². The molecule has 0 saturated heterocycles. The molecule has 5 heteroatoms. The molecular weight excluding hydrogens is 269 g/mol. The van der Waals surface area contributed by atoms with E-state index in [4.69, 9.17) is 5.11 Å². The molecule has 112 valence electrons. The van der Waals surface area contributed by atoms with Gasteiger partial charge >= 0.3 is 0 Å². The Morgan fingerprint density at radius 1 is 1.33 bits per heavy atom. The highest BCUT2D eigenvalue weighted by molar-refractivity contribution is 5.49. The summed E-state index contributed by atoms with van der Waals surface area (Å²) in [6.07, 6.45) is 1.75. The number of hydrogen-bond donors (Lipinski definition) is 2. The zero-order chi connectivity index (χ0) is 15.2. The average molecular weight is 289 g/mol. The van der Waals surface area contributed by atoms with Gasteiger partial charge < -0.3 is 15.3 Å². The van der Waals surface area contributed by atoms with Crippen LogP contribution in [0.5, 0.6) is 0 Å². The molecule has 2 aromatic rings. The molecule has 1 unspecified atom stereocenters. The first kappa shape index (κ1) is 15.3. The molecule has 1 heterocycles. The average Bonchev–Trinajstić information content (AvgIpc) is 2.48. The third-order valence-corrected chi connectivity index (χ3v) is 3.34. The topological polar surface area (TPSA) is 48.4 Å². The number of rotatable bonds is 6. The molecular formula is C16H20FN3O. The van der Waals surface area contributed by atoms with Crippen molar-refractivity contribution < 1.29 is 9.50 Å². The van der Waals surface area contributed by atoms with E-state index >= 15 is 0 Å². The van der Waals surface area contributed by atoms with Gasteiger partial charge in [0.05, 0.1) is 24.5 Å². The van der Waals surface area contributed by atoms with Gasteiger partial charge in [-0.1, -0.05) is 12.1 Å². The van der Waals surface area contributed by atoms with Crippen LogP contribution in [0.2, 0.25) is 0 Å². The van der Waals surface area contributed by atoms with E-state index in [1.165, 1.54) is 12.1 Å². The van der Waals surface area contributed by atoms with Gasteiger partial charge in [-0.25, -0.2) is 9.37 Å². The Bertz CT molecular complexity index is 574. The highest BCUT2D eigenvalue weighted by atomic mass is 19.1. The van der Waals surface area contributed by atoms with E-state index in [9.17, 15) is 4.39 Å². The van der Waals surface area contributed by atoms with E-state index in [0.717, 1.165) is 17.1 Å². The fourth-order valence-corrected chi connectivity index (χ4v) is 2.06. The standard InChI is InChI=1S/C16H20FN3O/c1-12(13-4-3-5-14(17)10-13)19-16-7-6-15(11-18-16)20(2)8-9-21/h3-7,10-12,21H,8-9H2,1-2H3,(H,18,19). The second-order valence-corrected chi connectivity index (χ2v) is 4.97. The van der Waals surface area contributed by atoms with Crippen LogP contribution >= 0.6 is 0 Å². The SMILES string of the molecule is CC(Nc1ccc(N(C)CCO)cn1)c1cccc(F)c1. The lowest BCUT2D eigenvalue weighted by atomic mass is 10.1. The van der Waals surface area contributed by atoms with Crippen molar-refractivity contribution >= 4 is 11.5 Å². The molecule has 0 amide bonds. The van der Waals surface area contributed by atoms with E-state index in [-0.39, 0.29) is 18.5 Å². The summed E-state index contributed by atoms with van der Waals surface area (Å²) in [5.41, 5.74) is 1.81. The van der Waals surface area contributed by atoms with Crippen molar-refractivity contribution in [3.63, 3.8) is 0 Å². The Balaban J connectivity index is 2.03. The molecule has 1 atom stereocenters. The van der Waals surface area contributed by atoms with Gasteiger partial charge in [0.2, 0.25) is 0 Å². The molecule has 0 aliphatic rings. The minimum absolute atomic E-state index is 0.0331. The van der Waals surface area contributed by atoms with E-state index < -0.39 is 0 Å². The van der Waals surface area contributed by atoms with Crippen molar-refractivity contribution in [3.8, 4) is 0 Å². The largest absolute Gasteiger partial charge is 0.395 e. The van der Waals surface area contributed by atoms with Gasteiger partial charge in [-0.05, 0) is 36.8 Å². The monoisotopic (exact) mass is 289 g/mol. The van der Waals surface area contributed by atoms with Gasteiger partial charge in [0.15, 0.2) is 0 Å². The summed E-state index contributed by atoms with van der Waals surface area (Å²) < 4.78 is 13.2. The number of aliphatic hydroxyl groups excluding tert-OH is 1. The number of nitrogens with one attached hydrogen (secondary N) is 1. The Kier molecular flexibility index (Phi) is 5.11. The van der Waals surface area contributed by atoms with Gasteiger partial charge in [-0.15, -0.1) is 0 Å². The molecule has 1 aromatic heterocycles. The zero-order valence-electron chi connectivity index (χ0n) is 12.3. The van der Waals surface area contributed by atoms with Crippen LogP contribution in [-0.2, 0) is 0 Å². The first-order valence-corrected chi connectivity index (χ1v) is 6.90. The fourth-order valence-electron chi connectivity index (χ4n) is 2.06. The molecule has 0 fully saturated rings. The summed E-state index contributed by atoms with van der Waals surface area (Å²) in [6.45, 7) is 2.63. The maximum Gasteiger partial charge on any atom is 0.126 e. The molecule has 0 saturated carbocycles. The predicted octanol–water partition coefficient (Wildman–Crippen LogP) is 2.82. The van der Waals surface area contributed by atoms with Crippen LogP contribution in [0.3, 0.4) is 0 Å². The van der Waals surface area contributed by atoms with Crippen LogP contribution < -0.4 is 10.2 Å². The first-order chi connectivity index (χ1) is 10.1. The quantitative estimate of drug-likeness (QED) is 0.858. The Hall–Kier alpha value is -2.14. The van der Waals surface area contributed by atoms with E-state index in [2.05, 4.69) is 10.3 Å². The number of likely N-dealkylation sites (N-methyl/N-ethyl adjacent to an activating group) is 1. The van der Waals surface area contributed by atoms with Crippen LogP contribution in [0.1, 0.15) is 18.5 Å². The molecule has 2 N–H and O–H groups in total. The summed E-state index contributed by atoms with van der Waals surface area (Å²) in [6, 6.07) is 10.3. The number of halogens is 1. The Labute approximate surface area is 124 Å². The summed E-state index contributed by atoms with van der Waals surface area (Å²) in [5, 5.41) is 12.2. The summed E-state index contributed by atoms with van der Waals surface area (Å²) in [5.74, 6) is 0.489. The predicted molar refractivity (Wildman–Crippen MR) is 83.0 cm³/mol. The van der Waals surface area contributed by atoms with Crippen molar-refractivity contribution in [3.05, 3.63) is 54.0 Å². The van der Waals surface area contributed by atoms with Crippen molar-refractivity contribution in [2.24, 2.45) is 0 Å². The third kappa shape index (κ3) is 4.16. The van der Waals surface area contributed by atoms with Crippen LogP contribution in [0.4, 0.5) is 15.9 Å². The van der Waals surface area contributed by atoms with Crippen molar-refractivity contribution in [2.45, 2.75) is 13.0 Å². The minimum atomic E-state index is -0.241. The normalized spacial score (nSPS) is 12.0. The molecule has 0 aliphatic heterocycles. The maximum atomic E-state index is 13.2. The summed E-state index contributed by atoms with van der Waals surface area (Å²) in [4.78, 5) is 6.27. The lowest BCUT2D eigenvalue weighted by molar-refractivity contribution is 0.304. The van der Waals surface area contributed by atoms with Crippen LogP contribution in [0.15, 0.2) is 42.6 Å². The first-order valence-electron chi connectivity index (χ1n) is 6.90. The summed E-state index contributed by atoms with van der Waals surface area (Å²) >= 11 is 0. The zero-order valence-corrected chi connectivity index (χ0v) is 12.3. The van der Waals surface area contributed by atoms with Gasteiger partial charge in [0, 0.05) is 13.6 Å². The Morgan fingerprint density at radius 3 is 2.76 bits per heavy atom. The molecule has 21 heavy (non-hydrogen) atoms. The molecule has 2 rings (SSSR count). The second-order valence-electron chi connectivity index (χ2n) is 4.97. The molecule has 4 nitrogen and oxygen atoms in total. The fraction of sp³-hybridized carbons (Fsp3) is 0.312. The Morgan fingerprint density at radius 2 is 2.14 bits per heavy atom. The van der Waals surface area contributed by atoms with E-state index in [0.29, 0.717) is 6.54 Å². The lowest BCUT2D eigenvalue weighted by Gasteiger charge is -2.19. The molecule has 1 aromatic carbocycles. The van der Waals surface area contributed by atoms with Crippen molar-refractivity contribution in [2.75, 3.05) is 30.4 Å². The molecule has 0 aliphatic carbocycles. The minimum Gasteiger partial charge on any atom is -0.395 e. The van der Waals surface area contributed by atoms with Crippen molar-refractivity contribution in [1.82, 2.24) is 4.98 Å². The lowest BCUT2D eigenvalue weighted by Crippen LogP contribution is -2.21. The summed E-state index contributed by atoms with van der Waals surface area (Å²) in [7, 11) is 1.90.